The summed E-state index contributed by atoms with van der Waals surface area (Å²) in [4.78, 5) is 2.48. The van der Waals surface area contributed by atoms with Gasteiger partial charge in [-0.3, -0.25) is 0 Å². The molecule has 0 N–H and O–H groups in total. The minimum atomic E-state index is 0.746. The van der Waals surface area contributed by atoms with Gasteiger partial charge in [0.05, 0.1) is 0 Å². The molecular formula is C14H27N. The Balaban J connectivity index is 3.78. The minimum Gasteiger partial charge on any atom is -0.304 e. The van der Waals surface area contributed by atoms with Crippen LogP contribution in [0.1, 0.15) is 52.9 Å². The third-order valence-electron chi connectivity index (χ3n) is 3.12. The minimum absolute atomic E-state index is 0.746. The summed E-state index contributed by atoms with van der Waals surface area (Å²) in [6.07, 6.45) is 11.6. The second kappa shape index (κ2) is 10.1. The van der Waals surface area contributed by atoms with Crippen molar-refractivity contribution < 1.29 is 0 Å². The Labute approximate surface area is 96.2 Å². The van der Waals surface area contributed by atoms with Crippen molar-refractivity contribution in [3.63, 3.8) is 0 Å². The Bertz CT molecular complexity index is 165. The van der Waals surface area contributed by atoms with E-state index in [-0.39, 0.29) is 0 Å². The summed E-state index contributed by atoms with van der Waals surface area (Å²) in [7, 11) is 0. The first-order valence-corrected chi connectivity index (χ1v) is 6.44. The number of terminal acetylenes is 1. The Morgan fingerprint density at radius 3 is 2.27 bits per heavy atom. The first-order valence-electron chi connectivity index (χ1n) is 6.44. The van der Waals surface area contributed by atoms with Gasteiger partial charge >= 0.3 is 0 Å². The lowest BCUT2D eigenvalue weighted by Gasteiger charge is -2.21. The highest BCUT2D eigenvalue weighted by Crippen LogP contribution is 2.16. The van der Waals surface area contributed by atoms with Crippen LogP contribution in [0.25, 0.3) is 0 Å². The average molecular weight is 209 g/mol. The molecule has 0 aromatic carbocycles. The summed E-state index contributed by atoms with van der Waals surface area (Å²) in [6.45, 7) is 10.2. The van der Waals surface area contributed by atoms with Gasteiger partial charge in [-0.05, 0) is 38.4 Å². The van der Waals surface area contributed by atoms with Crippen LogP contribution < -0.4 is 0 Å². The van der Waals surface area contributed by atoms with Crippen molar-refractivity contribution in [3.8, 4) is 12.3 Å². The summed E-state index contributed by atoms with van der Waals surface area (Å²) in [6, 6.07) is 0. The lowest BCUT2D eigenvalue weighted by atomic mass is 9.95. The number of rotatable bonds is 9. The molecule has 0 saturated carbocycles. The van der Waals surface area contributed by atoms with Crippen LogP contribution in [-0.2, 0) is 0 Å². The molecule has 1 heteroatoms. The molecule has 1 unspecified atom stereocenters. The van der Waals surface area contributed by atoms with E-state index < -0.39 is 0 Å². The Morgan fingerprint density at radius 1 is 1.13 bits per heavy atom. The quantitative estimate of drug-likeness (QED) is 0.525. The standard InChI is InChI=1S/C14H27N/c1-5-9-11-14(10-6-2)12-13-15(7-3)8-4/h2,14H,5,7-13H2,1,3-4H3. The maximum atomic E-state index is 5.41. The Hall–Kier alpha value is -0.480. The lowest BCUT2D eigenvalue weighted by molar-refractivity contribution is 0.270. The highest BCUT2D eigenvalue weighted by atomic mass is 15.1. The highest BCUT2D eigenvalue weighted by molar-refractivity contribution is 4.87. The molecular weight excluding hydrogens is 182 g/mol. The molecule has 1 atom stereocenters. The van der Waals surface area contributed by atoms with Crippen LogP contribution in [0.2, 0.25) is 0 Å². The summed E-state index contributed by atoms with van der Waals surface area (Å²) < 4.78 is 0. The third-order valence-corrected chi connectivity index (χ3v) is 3.12. The van der Waals surface area contributed by atoms with Crippen LogP contribution >= 0.6 is 0 Å². The van der Waals surface area contributed by atoms with E-state index in [1.54, 1.807) is 0 Å². The third kappa shape index (κ3) is 7.45. The predicted molar refractivity (Wildman–Crippen MR) is 68.9 cm³/mol. The van der Waals surface area contributed by atoms with Crippen LogP contribution in [0.5, 0.6) is 0 Å². The molecule has 0 radical (unpaired) electrons. The second-order valence-electron chi connectivity index (χ2n) is 4.23. The van der Waals surface area contributed by atoms with Gasteiger partial charge in [0, 0.05) is 6.42 Å². The van der Waals surface area contributed by atoms with Gasteiger partial charge in [-0.1, -0.05) is 33.6 Å². The maximum Gasteiger partial charge on any atom is 0.0115 e. The zero-order chi connectivity index (χ0) is 11.5. The van der Waals surface area contributed by atoms with E-state index >= 15 is 0 Å². The molecule has 0 rings (SSSR count). The van der Waals surface area contributed by atoms with Gasteiger partial charge < -0.3 is 4.90 Å². The Kier molecular flexibility index (Phi) is 9.73. The van der Waals surface area contributed by atoms with Crippen LogP contribution in [0, 0.1) is 18.3 Å². The van der Waals surface area contributed by atoms with E-state index in [1.807, 2.05) is 0 Å². The van der Waals surface area contributed by atoms with Crippen LogP contribution in [0.15, 0.2) is 0 Å². The summed E-state index contributed by atoms with van der Waals surface area (Å²) in [5.74, 6) is 3.56. The van der Waals surface area contributed by atoms with Crippen molar-refractivity contribution in [2.45, 2.75) is 52.9 Å². The van der Waals surface area contributed by atoms with Gasteiger partial charge in [0.1, 0.15) is 0 Å². The molecule has 15 heavy (non-hydrogen) atoms. The number of hydrogen-bond acceptors (Lipinski definition) is 1. The average Bonchev–Trinajstić information content (AvgIpc) is 2.27. The van der Waals surface area contributed by atoms with E-state index in [9.17, 15) is 0 Å². The fraction of sp³-hybridized carbons (Fsp3) is 0.857. The smallest absolute Gasteiger partial charge is 0.0115 e. The van der Waals surface area contributed by atoms with Crippen LogP contribution in [0.4, 0.5) is 0 Å². The largest absolute Gasteiger partial charge is 0.304 e. The highest BCUT2D eigenvalue weighted by Gasteiger charge is 2.08. The topological polar surface area (TPSA) is 3.24 Å². The number of nitrogens with zero attached hydrogens (tertiary/aromatic N) is 1. The van der Waals surface area contributed by atoms with Gasteiger partial charge in [-0.2, -0.15) is 0 Å². The summed E-state index contributed by atoms with van der Waals surface area (Å²) >= 11 is 0. The van der Waals surface area contributed by atoms with Crippen molar-refractivity contribution >= 4 is 0 Å². The van der Waals surface area contributed by atoms with Gasteiger partial charge in [-0.15, -0.1) is 12.3 Å². The zero-order valence-corrected chi connectivity index (χ0v) is 10.8. The van der Waals surface area contributed by atoms with E-state index in [1.165, 1.54) is 32.2 Å². The van der Waals surface area contributed by atoms with E-state index in [0.29, 0.717) is 0 Å². The van der Waals surface area contributed by atoms with E-state index in [4.69, 9.17) is 6.42 Å². The van der Waals surface area contributed by atoms with Crippen molar-refractivity contribution in [3.05, 3.63) is 0 Å². The first kappa shape index (κ1) is 14.5. The molecule has 0 bridgehead atoms. The van der Waals surface area contributed by atoms with E-state index in [0.717, 1.165) is 25.4 Å². The van der Waals surface area contributed by atoms with Crippen LogP contribution in [0.3, 0.4) is 0 Å². The lowest BCUT2D eigenvalue weighted by Crippen LogP contribution is -2.25. The van der Waals surface area contributed by atoms with Crippen molar-refractivity contribution in [1.29, 1.82) is 0 Å². The fourth-order valence-corrected chi connectivity index (χ4v) is 1.91. The molecule has 1 nitrogen and oxygen atoms in total. The van der Waals surface area contributed by atoms with E-state index in [2.05, 4.69) is 31.6 Å². The first-order chi connectivity index (χ1) is 7.28. The van der Waals surface area contributed by atoms with Gasteiger partial charge in [0.25, 0.3) is 0 Å². The fourth-order valence-electron chi connectivity index (χ4n) is 1.91. The molecule has 0 amide bonds. The maximum absolute atomic E-state index is 5.41. The molecule has 0 spiro atoms. The van der Waals surface area contributed by atoms with Gasteiger partial charge in [0.15, 0.2) is 0 Å². The van der Waals surface area contributed by atoms with Crippen molar-refractivity contribution in [2.24, 2.45) is 5.92 Å². The number of hydrogen-bond donors (Lipinski definition) is 0. The normalized spacial score (nSPS) is 12.7. The Morgan fingerprint density at radius 2 is 1.80 bits per heavy atom. The van der Waals surface area contributed by atoms with Gasteiger partial charge in [0.2, 0.25) is 0 Å². The van der Waals surface area contributed by atoms with Crippen molar-refractivity contribution in [1.82, 2.24) is 4.90 Å². The monoisotopic (exact) mass is 209 g/mol. The molecule has 88 valence electrons. The second-order valence-corrected chi connectivity index (χ2v) is 4.23. The van der Waals surface area contributed by atoms with Crippen LogP contribution in [-0.4, -0.2) is 24.5 Å². The molecule has 0 saturated heterocycles. The molecule has 0 aliphatic rings. The summed E-state index contributed by atoms with van der Waals surface area (Å²) in [5, 5.41) is 0. The molecule has 0 aromatic heterocycles. The SMILES string of the molecule is C#CCC(CCCC)CCN(CC)CC. The number of unbranched alkanes of at least 4 members (excludes halogenated alkanes) is 1. The molecule has 0 aromatic rings. The van der Waals surface area contributed by atoms with Crippen molar-refractivity contribution in [2.75, 3.05) is 19.6 Å². The van der Waals surface area contributed by atoms with Gasteiger partial charge in [-0.25, -0.2) is 0 Å². The molecule has 0 aliphatic carbocycles. The molecule has 0 heterocycles. The molecule has 0 aliphatic heterocycles. The predicted octanol–water partition coefficient (Wildman–Crippen LogP) is 3.55. The zero-order valence-electron chi connectivity index (χ0n) is 10.8. The molecule has 0 fully saturated rings. The summed E-state index contributed by atoms with van der Waals surface area (Å²) in [5.41, 5.74) is 0.